The van der Waals surface area contributed by atoms with E-state index < -0.39 is 17.3 Å². The Morgan fingerprint density at radius 2 is 1.59 bits per heavy atom. The molecule has 5 rings (SSSR count). The molecule has 1 aliphatic heterocycles. The second-order valence-electron chi connectivity index (χ2n) is 9.44. The molecule has 41 heavy (non-hydrogen) atoms. The Balaban J connectivity index is 1.70. The summed E-state index contributed by atoms with van der Waals surface area (Å²) < 4.78 is 28.7. The molecular weight excluding hydrogens is 521 g/mol. The molecule has 0 N–H and O–H groups in total. The molecular formula is C33H30FN3O4. The number of pyridine rings is 1. The number of fused-ring (bicyclic) bond motifs is 1. The van der Waals surface area contributed by atoms with E-state index >= 15 is 4.39 Å². The number of aromatic nitrogens is 1. The molecule has 7 nitrogen and oxygen atoms in total. The number of carbonyl (C=O) groups is 1. The average molecular weight is 552 g/mol. The second kappa shape index (κ2) is 12.4. The van der Waals surface area contributed by atoms with Gasteiger partial charge in [-0.3, -0.25) is 19.3 Å². The van der Waals surface area contributed by atoms with E-state index in [1.807, 2.05) is 65.7 Å². The molecule has 2 heterocycles. The number of hydrogen-bond acceptors (Lipinski definition) is 5. The topological polar surface area (TPSA) is 64.0 Å². The van der Waals surface area contributed by atoms with Crippen molar-refractivity contribution in [1.82, 2.24) is 9.58 Å². The zero-order valence-electron chi connectivity index (χ0n) is 22.5. The highest BCUT2D eigenvalue weighted by Gasteiger charge is 2.37. The summed E-state index contributed by atoms with van der Waals surface area (Å²) in [5, 5.41) is 1.89. The van der Waals surface area contributed by atoms with Gasteiger partial charge in [0.05, 0.1) is 0 Å². The number of nitrogens with zero attached hydrogens (tertiary/aromatic N) is 3. The maximum absolute atomic E-state index is 15.2. The van der Waals surface area contributed by atoms with Crippen LogP contribution in [0.15, 0.2) is 121 Å². The van der Waals surface area contributed by atoms with Gasteiger partial charge in [0.1, 0.15) is 25.9 Å². The maximum Gasteiger partial charge on any atom is 0.278 e. The summed E-state index contributed by atoms with van der Waals surface area (Å²) in [4.78, 5) is 28.5. The predicted molar refractivity (Wildman–Crippen MR) is 156 cm³/mol. The van der Waals surface area contributed by atoms with Gasteiger partial charge < -0.3 is 14.4 Å². The van der Waals surface area contributed by atoms with Crippen LogP contribution in [0, 0.1) is 5.82 Å². The third kappa shape index (κ3) is 5.63. The molecule has 1 atom stereocenters. The summed E-state index contributed by atoms with van der Waals surface area (Å²) in [6.45, 7) is 8.07. The van der Waals surface area contributed by atoms with Crippen molar-refractivity contribution in [2.45, 2.75) is 12.6 Å². The van der Waals surface area contributed by atoms with Crippen molar-refractivity contribution < 1.29 is 18.7 Å². The number of amides is 1. The third-order valence-corrected chi connectivity index (χ3v) is 6.74. The van der Waals surface area contributed by atoms with Crippen LogP contribution in [0.5, 0.6) is 11.5 Å². The minimum Gasteiger partial charge on any atom is -0.486 e. The van der Waals surface area contributed by atoms with E-state index in [1.54, 1.807) is 40.1 Å². The van der Waals surface area contributed by atoms with Gasteiger partial charge in [-0.2, -0.15) is 0 Å². The summed E-state index contributed by atoms with van der Waals surface area (Å²) in [5.41, 5.74) is 1.88. The molecule has 0 fully saturated rings. The molecule has 1 amide bonds. The van der Waals surface area contributed by atoms with Crippen molar-refractivity contribution in [3.05, 3.63) is 155 Å². The Labute approximate surface area is 238 Å². The van der Waals surface area contributed by atoms with Crippen molar-refractivity contribution >= 4 is 5.91 Å². The summed E-state index contributed by atoms with van der Waals surface area (Å²) in [6.07, 6.45) is 4.72. The van der Waals surface area contributed by atoms with Gasteiger partial charge in [0, 0.05) is 24.4 Å². The number of ether oxygens (including phenoxy) is 2. The SMILES string of the molecule is C=CCOc1c(F)cccc1C(c1ccccc1)N1CN(CC=C)C(=O)c2c(OCc3ccccc3)c(=O)ccn21. The average Bonchev–Trinajstić information content (AvgIpc) is 2.99. The van der Waals surface area contributed by atoms with Gasteiger partial charge in [-0.25, -0.2) is 4.39 Å². The van der Waals surface area contributed by atoms with E-state index in [0.717, 1.165) is 11.1 Å². The molecule has 0 saturated heterocycles. The first-order valence-corrected chi connectivity index (χ1v) is 13.2. The number of halogens is 1. The fraction of sp³-hybridized carbons (Fsp3) is 0.152. The fourth-order valence-electron chi connectivity index (χ4n) is 4.93. The minimum atomic E-state index is -0.615. The van der Waals surface area contributed by atoms with Crippen LogP contribution in [0.1, 0.15) is 33.2 Å². The predicted octanol–water partition coefficient (Wildman–Crippen LogP) is 5.46. The van der Waals surface area contributed by atoms with Gasteiger partial charge >= 0.3 is 0 Å². The number of carbonyl (C=O) groups excluding carboxylic acids is 1. The third-order valence-electron chi connectivity index (χ3n) is 6.74. The lowest BCUT2D eigenvalue weighted by Crippen LogP contribution is -2.55. The Bertz CT molecular complexity index is 1600. The quantitative estimate of drug-likeness (QED) is 0.232. The first-order valence-electron chi connectivity index (χ1n) is 13.2. The monoisotopic (exact) mass is 551 g/mol. The minimum absolute atomic E-state index is 0.0608. The lowest BCUT2D eigenvalue weighted by atomic mass is 9.96. The lowest BCUT2D eigenvalue weighted by molar-refractivity contribution is 0.0698. The van der Waals surface area contributed by atoms with Gasteiger partial charge in [0.25, 0.3) is 5.91 Å². The largest absolute Gasteiger partial charge is 0.486 e. The Kier molecular flexibility index (Phi) is 8.29. The van der Waals surface area contributed by atoms with Crippen LogP contribution in [-0.2, 0) is 6.61 Å². The molecule has 0 aliphatic carbocycles. The highest BCUT2D eigenvalue weighted by molar-refractivity contribution is 5.96. The Morgan fingerprint density at radius 3 is 2.29 bits per heavy atom. The van der Waals surface area contributed by atoms with Crippen molar-refractivity contribution in [2.75, 3.05) is 24.8 Å². The number of hydrogen-bond donors (Lipinski definition) is 0. The molecule has 4 aromatic rings. The van der Waals surface area contributed by atoms with E-state index in [4.69, 9.17) is 9.47 Å². The molecule has 0 bridgehead atoms. The van der Waals surface area contributed by atoms with Crippen LogP contribution < -0.4 is 19.9 Å². The summed E-state index contributed by atoms with van der Waals surface area (Å²) in [5.74, 6) is -0.879. The summed E-state index contributed by atoms with van der Waals surface area (Å²) in [7, 11) is 0. The van der Waals surface area contributed by atoms with Crippen molar-refractivity contribution in [3.8, 4) is 11.5 Å². The number of benzene rings is 3. The standard InChI is InChI=1S/C33H30FN3O4/c1-3-19-35-23-37(29(25-14-9-6-10-15-25)26-16-11-17-27(34)31(26)40-21-4-2)36-20-18-28(38)32(30(36)33(35)39)41-22-24-12-7-5-8-13-24/h3-18,20,29H,1-2,19,21-23H2. The molecule has 0 spiro atoms. The first-order chi connectivity index (χ1) is 20.0. The van der Waals surface area contributed by atoms with Crippen molar-refractivity contribution in [2.24, 2.45) is 0 Å². The van der Waals surface area contributed by atoms with Gasteiger partial charge in [-0.15, -0.1) is 6.58 Å². The number of rotatable bonds is 11. The number of para-hydroxylation sites is 1. The molecule has 0 saturated carbocycles. The van der Waals surface area contributed by atoms with E-state index in [0.29, 0.717) is 5.56 Å². The van der Waals surface area contributed by atoms with Crippen LogP contribution in [0.4, 0.5) is 4.39 Å². The molecule has 1 unspecified atom stereocenters. The highest BCUT2D eigenvalue weighted by atomic mass is 19.1. The van der Waals surface area contributed by atoms with Gasteiger partial charge in [-0.1, -0.05) is 91.5 Å². The summed E-state index contributed by atoms with van der Waals surface area (Å²) >= 11 is 0. The summed E-state index contributed by atoms with van der Waals surface area (Å²) in [6, 6.07) is 24.4. The second-order valence-corrected chi connectivity index (χ2v) is 9.44. The fourth-order valence-corrected chi connectivity index (χ4v) is 4.93. The van der Waals surface area contributed by atoms with E-state index in [1.165, 1.54) is 12.1 Å². The van der Waals surface area contributed by atoms with Crippen LogP contribution in [0.2, 0.25) is 0 Å². The van der Waals surface area contributed by atoms with Gasteiger partial charge in [0.2, 0.25) is 5.43 Å². The van der Waals surface area contributed by atoms with Crippen molar-refractivity contribution in [1.29, 1.82) is 0 Å². The molecule has 1 aliphatic rings. The van der Waals surface area contributed by atoms with Crippen LogP contribution in [-0.4, -0.2) is 35.3 Å². The Morgan fingerprint density at radius 1 is 0.854 bits per heavy atom. The molecule has 208 valence electrons. The maximum atomic E-state index is 15.2. The molecule has 3 aromatic carbocycles. The van der Waals surface area contributed by atoms with Gasteiger partial charge in [-0.05, 0) is 17.2 Å². The zero-order chi connectivity index (χ0) is 28.8. The first kappa shape index (κ1) is 27.5. The van der Waals surface area contributed by atoms with Gasteiger partial charge in [0.15, 0.2) is 23.0 Å². The van der Waals surface area contributed by atoms with Crippen LogP contribution in [0.3, 0.4) is 0 Å². The molecule has 8 heteroatoms. The van der Waals surface area contributed by atoms with Crippen LogP contribution in [0.25, 0.3) is 0 Å². The normalized spacial score (nSPS) is 13.3. The zero-order valence-corrected chi connectivity index (χ0v) is 22.5. The highest BCUT2D eigenvalue weighted by Crippen LogP contribution is 2.38. The van der Waals surface area contributed by atoms with E-state index in [2.05, 4.69) is 13.2 Å². The van der Waals surface area contributed by atoms with E-state index in [-0.39, 0.29) is 49.5 Å². The lowest BCUT2D eigenvalue weighted by Gasteiger charge is -2.44. The van der Waals surface area contributed by atoms with Crippen LogP contribution >= 0.6 is 0 Å². The smallest absolute Gasteiger partial charge is 0.278 e. The van der Waals surface area contributed by atoms with E-state index in [9.17, 15) is 9.59 Å². The van der Waals surface area contributed by atoms with Crippen molar-refractivity contribution in [3.63, 3.8) is 0 Å². The molecule has 0 radical (unpaired) electrons. The molecule has 1 aromatic heterocycles. The Hall–Kier alpha value is -5.11.